The second-order valence-corrected chi connectivity index (χ2v) is 9.51. The summed E-state index contributed by atoms with van der Waals surface area (Å²) < 4.78 is 10.8. The number of benzene rings is 3. The van der Waals surface area contributed by atoms with E-state index in [0.717, 1.165) is 22.9 Å². The van der Waals surface area contributed by atoms with Gasteiger partial charge in [-0.3, -0.25) is 14.5 Å². The lowest BCUT2D eigenvalue weighted by Crippen LogP contribution is -2.27. The molecule has 1 heterocycles. The number of methoxy groups -OCH3 is 1. The largest absolute Gasteiger partial charge is 0.493 e. The van der Waals surface area contributed by atoms with Gasteiger partial charge in [-0.15, -0.1) is 0 Å². The number of esters is 1. The summed E-state index contributed by atoms with van der Waals surface area (Å²) in [5.74, 6) is -0.591. The lowest BCUT2D eigenvalue weighted by atomic mass is 10.1. The van der Waals surface area contributed by atoms with Gasteiger partial charge in [0.15, 0.2) is 11.5 Å². The van der Waals surface area contributed by atoms with Gasteiger partial charge in [0.2, 0.25) is 0 Å². The van der Waals surface area contributed by atoms with Crippen LogP contribution in [-0.2, 0) is 11.3 Å². The van der Waals surface area contributed by atoms with Crippen molar-refractivity contribution in [2.24, 2.45) is 0 Å². The fraction of sp³-hybridized carbons (Fsp3) is 0.115. The number of aryl methyl sites for hydroxylation is 1. The maximum Gasteiger partial charge on any atom is 0.345 e. The van der Waals surface area contributed by atoms with Crippen molar-refractivity contribution >= 4 is 58.2 Å². The molecule has 178 valence electrons. The molecule has 0 bridgehead atoms. The molecule has 0 saturated carbocycles. The Balaban J connectivity index is 1.52. The molecule has 1 fully saturated rings. The maximum atomic E-state index is 12.9. The summed E-state index contributed by atoms with van der Waals surface area (Å²) >= 11 is 12.8. The molecule has 0 unspecified atom stereocenters. The summed E-state index contributed by atoms with van der Waals surface area (Å²) in [6.07, 6.45) is 1.60. The van der Waals surface area contributed by atoms with Crippen LogP contribution in [0.2, 0.25) is 10.0 Å². The molecule has 1 aliphatic heterocycles. The van der Waals surface area contributed by atoms with Crippen LogP contribution >= 0.6 is 35.0 Å². The van der Waals surface area contributed by atoms with Crippen molar-refractivity contribution in [3.05, 3.63) is 97.9 Å². The van der Waals surface area contributed by atoms with Gasteiger partial charge in [-0.25, -0.2) is 4.79 Å². The van der Waals surface area contributed by atoms with E-state index >= 15 is 0 Å². The zero-order valence-electron chi connectivity index (χ0n) is 18.7. The number of thioether (sulfide) groups is 1. The van der Waals surface area contributed by atoms with Crippen LogP contribution in [0.25, 0.3) is 6.08 Å². The number of imide groups is 1. The predicted octanol–water partition coefficient (Wildman–Crippen LogP) is 6.77. The van der Waals surface area contributed by atoms with E-state index in [1.54, 1.807) is 24.3 Å². The van der Waals surface area contributed by atoms with Gasteiger partial charge in [-0.1, -0.05) is 59.1 Å². The van der Waals surface area contributed by atoms with Crippen LogP contribution in [0.5, 0.6) is 11.5 Å². The van der Waals surface area contributed by atoms with Crippen LogP contribution in [0.1, 0.15) is 27.0 Å². The maximum absolute atomic E-state index is 12.9. The first kappa shape index (κ1) is 24.9. The summed E-state index contributed by atoms with van der Waals surface area (Å²) in [6.45, 7) is 2.17. The number of nitrogens with zero attached hydrogens (tertiary/aromatic N) is 1. The third kappa shape index (κ3) is 5.70. The zero-order chi connectivity index (χ0) is 25.1. The van der Waals surface area contributed by atoms with Crippen LogP contribution in [0.15, 0.2) is 65.6 Å². The van der Waals surface area contributed by atoms with E-state index < -0.39 is 5.97 Å². The van der Waals surface area contributed by atoms with E-state index in [2.05, 4.69) is 0 Å². The highest BCUT2D eigenvalue weighted by atomic mass is 35.5. The van der Waals surface area contributed by atoms with Crippen LogP contribution in [-0.4, -0.2) is 29.1 Å². The van der Waals surface area contributed by atoms with Gasteiger partial charge in [-0.2, -0.15) is 0 Å². The zero-order valence-corrected chi connectivity index (χ0v) is 21.0. The predicted molar refractivity (Wildman–Crippen MR) is 137 cm³/mol. The minimum absolute atomic E-state index is 0.157. The number of rotatable bonds is 6. The Labute approximate surface area is 216 Å². The van der Waals surface area contributed by atoms with Gasteiger partial charge < -0.3 is 9.47 Å². The van der Waals surface area contributed by atoms with Crippen LogP contribution < -0.4 is 9.47 Å². The van der Waals surface area contributed by atoms with Crippen LogP contribution in [0.4, 0.5) is 4.79 Å². The number of hydrogen-bond donors (Lipinski definition) is 0. The normalized spacial score (nSPS) is 14.5. The third-order valence-electron chi connectivity index (χ3n) is 5.17. The molecular formula is C26H19Cl2NO5S. The Morgan fingerprint density at radius 1 is 1.00 bits per heavy atom. The van der Waals surface area contributed by atoms with Gasteiger partial charge in [-0.05, 0) is 66.2 Å². The number of halogens is 2. The van der Waals surface area contributed by atoms with Crippen molar-refractivity contribution in [3.8, 4) is 11.5 Å². The van der Waals surface area contributed by atoms with Crippen molar-refractivity contribution in [1.82, 2.24) is 4.90 Å². The minimum atomic E-state index is -0.671. The van der Waals surface area contributed by atoms with Crippen molar-refractivity contribution < 1.29 is 23.9 Å². The third-order valence-corrected chi connectivity index (χ3v) is 6.63. The Hall–Kier alpha value is -3.26. The first-order valence-corrected chi connectivity index (χ1v) is 12.0. The average molecular weight is 528 g/mol. The molecule has 0 aliphatic carbocycles. The molecule has 0 N–H and O–H groups in total. The molecule has 3 aromatic rings. The highest BCUT2D eigenvalue weighted by Gasteiger charge is 2.35. The smallest absolute Gasteiger partial charge is 0.345 e. The molecule has 2 amide bonds. The van der Waals surface area contributed by atoms with Crippen molar-refractivity contribution in [2.45, 2.75) is 13.5 Å². The SMILES string of the molecule is COc1cc(/C=C2\SC(=O)N(Cc3ccc(C)cc3)C2=O)ccc1OC(=O)c1ccc(Cl)cc1Cl. The quantitative estimate of drug-likeness (QED) is 0.200. The van der Waals surface area contributed by atoms with E-state index in [-0.39, 0.29) is 39.8 Å². The Bertz CT molecular complexity index is 1350. The average Bonchev–Trinajstić information content (AvgIpc) is 3.08. The number of carbonyl (C=O) groups excluding carboxylic acids is 3. The highest BCUT2D eigenvalue weighted by Crippen LogP contribution is 2.36. The number of ether oxygens (including phenoxy) is 2. The molecule has 0 spiro atoms. The fourth-order valence-electron chi connectivity index (χ4n) is 3.33. The monoisotopic (exact) mass is 527 g/mol. The molecule has 0 atom stereocenters. The van der Waals surface area contributed by atoms with Crippen LogP contribution in [0.3, 0.4) is 0 Å². The van der Waals surface area contributed by atoms with E-state index in [1.165, 1.54) is 30.2 Å². The van der Waals surface area contributed by atoms with Gasteiger partial charge in [0, 0.05) is 5.02 Å². The van der Waals surface area contributed by atoms with E-state index in [1.807, 2.05) is 31.2 Å². The molecular weight excluding hydrogens is 509 g/mol. The molecule has 3 aromatic carbocycles. The van der Waals surface area contributed by atoms with Gasteiger partial charge >= 0.3 is 5.97 Å². The summed E-state index contributed by atoms with van der Waals surface area (Å²) in [6, 6.07) is 16.9. The first-order valence-electron chi connectivity index (χ1n) is 10.4. The molecule has 9 heteroatoms. The van der Waals surface area contributed by atoms with Gasteiger partial charge in [0.1, 0.15) is 0 Å². The van der Waals surface area contributed by atoms with E-state index in [9.17, 15) is 14.4 Å². The minimum Gasteiger partial charge on any atom is -0.493 e. The Morgan fingerprint density at radius 3 is 2.43 bits per heavy atom. The van der Waals surface area contributed by atoms with E-state index in [0.29, 0.717) is 15.5 Å². The molecule has 1 saturated heterocycles. The molecule has 4 rings (SSSR count). The fourth-order valence-corrected chi connectivity index (χ4v) is 4.66. The molecule has 1 aliphatic rings. The number of hydrogen-bond acceptors (Lipinski definition) is 6. The highest BCUT2D eigenvalue weighted by molar-refractivity contribution is 8.18. The summed E-state index contributed by atoms with van der Waals surface area (Å²) in [7, 11) is 1.43. The summed E-state index contributed by atoms with van der Waals surface area (Å²) in [4.78, 5) is 39.4. The molecule has 6 nitrogen and oxygen atoms in total. The second-order valence-electron chi connectivity index (χ2n) is 7.68. The van der Waals surface area contributed by atoms with Gasteiger partial charge in [0.25, 0.3) is 11.1 Å². The number of amides is 2. The molecule has 0 aromatic heterocycles. The van der Waals surface area contributed by atoms with Gasteiger partial charge in [0.05, 0.1) is 29.1 Å². The summed E-state index contributed by atoms with van der Waals surface area (Å²) in [5, 5.41) is 0.232. The molecule has 0 radical (unpaired) electrons. The van der Waals surface area contributed by atoms with E-state index in [4.69, 9.17) is 32.7 Å². The van der Waals surface area contributed by atoms with Crippen molar-refractivity contribution in [2.75, 3.05) is 7.11 Å². The Morgan fingerprint density at radius 2 is 1.74 bits per heavy atom. The van der Waals surface area contributed by atoms with Crippen molar-refractivity contribution in [1.29, 1.82) is 0 Å². The lowest BCUT2D eigenvalue weighted by Gasteiger charge is -2.12. The first-order chi connectivity index (χ1) is 16.7. The van der Waals surface area contributed by atoms with Crippen molar-refractivity contribution in [3.63, 3.8) is 0 Å². The molecule has 35 heavy (non-hydrogen) atoms. The number of carbonyl (C=O) groups is 3. The Kier molecular flexibility index (Phi) is 7.50. The lowest BCUT2D eigenvalue weighted by molar-refractivity contribution is -0.123. The summed E-state index contributed by atoms with van der Waals surface area (Å²) in [5.41, 5.74) is 2.73. The topological polar surface area (TPSA) is 72.9 Å². The van der Waals surface area contributed by atoms with Crippen LogP contribution in [0, 0.1) is 6.92 Å². The standard InChI is InChI=1S/C26H19Cl2NO5S/c1-15-3-5-16(6-4-15)14-29-24(30)23(35-26(29)32)12-17-7-10-21(22(11-17)33-2)34-25(31)19-9-8-18(27)13-20(19)28/h3-13H,14H2,1-2H3/b23-12-. The second kappa shape index (κ2) is 10.6.